The number of carbonyl (C=O) groups excluding carboxylic acids is 1. The summed E-state index contributed by atoms with van der Waals surface area (Å²) in [5.74, 6) is -0.0280. The van der Waals surface area contributed by atoms with Crippen molar-refractivity contribution >= 4 is 16.8 Å². The maximum atomic E-state index is 12.7. The van der Waals surface area contributed by atoms with Crippen molar-refractivity contribution in [3.8, 4) is 0 Å². The van der Waals surface area contributed by atoms with E-state index >= 15 is 0 Å². The van der Waals surface area contributed by atoms with Gasteiger partial charge in [0.15, 0.2) is 0 Å². The second kappa shape index (κ2) is 7.90. The van der Waals surface area contributed by atoms with E-state index in [1.54, 1.807) is 13.3 Å². The summed E-state index contributed by atoms with van der Waals surface area (Å²) in [5, 5.41) is 1.07. The second-order valence-corrected chi connectivity index (χ2v) is 6.03. The number of amides is 1. The van der Waals surface area contributed by atoms with Gasteiger partial charge in [-0.1, -0.05) is 48.5 Å². The summed E-state index contributed by atoms with van der Waals surface area (Å²) in [6.45, 7) is 2.63. The van der Waals surface area contributed by atoms with Crippen LogP contribution in [0.4, 0.5) is 0 Å². The Labute approximate surface area is 148 Å². The largest absolute Gasteiger partial charge is 0.375 e. The molecule has 0 fully saturated rings. The highest BCUT2D eigenvalue weighted by Gasteiger charge is 2.22. The highest BCUT2D eigenvalue weighted by Crippen LogP contribution is 2.25. The van der Waals surface area contributed by atoms with E-state index in [0.717, 1.165) is 22.0 Å². The predicted octanol–water partition coefficient (Wildman–Crippen LogP) is 3.97. The lowest BCUT2D eigenvalue weighted by atomic mass is 10.0. The van der Waals surface area contributed by atoms with Gasteiger partial charge in [-0.2, -0.15) is 0 Å². The molecule has 1 amide bonds. The van der Waals surface area contributed by atoms with Crippen molar-refractivity contribution in [2.45, 2.75) is 19.5 Å². The van der Waals surface area contributed by atoms with Crippen LogP contribution in [0.15, 0.2) is 66.9 Å². The number of hydrogen-bond acceptors (Lipinski definition) is 3. The maximum Gasteiger partial charge on any atom is 0.249 e. The van der Waals surface area contributed by atoms with Crippen molar-refractivity contribution in [1.29, 1.82) is 0 Å². The minimum Gasteiger partial charge on any atom is -0.375 e. The molecule has 0 aliphatic rings. The Morgan fingerprint density at radius 3 is 2.56 bits per heavy atom. The molecule has 1 heterocycles. The minimum atomic E-state index is -0.0456. The van der Waals surface area contributed by atoms with Crippen molar-refractivity contribution in [2.24, 2.45) is 0 Å². The van der Waals surface area contributed by atoms with Crippen LogP contribution in [0.1, 0.15) is 24.1 Å². The summed E-state index contributed by atoms with van der Waals surface area (Å²) < 4.78 is 5.09. The zero-order valence-electron chi connectivity index (χ0n) is 14.6. The van der Waals surface area contributed by atoms with Crippen LogP contribution in [0.3, 0.4) is 0 Å². The lowest BCUT2D eigenvalue weighted by molar-refractivity contribution is -0.138. The Bertz CT molecular complexity index is 843. The van der Waals surface area contributed by atoms with Crippen molar-refractivity contribution < 1.29 is 9.53 Å². The van der Waals surface area contributed by atoms with Crippen LogP contribution in [0.5, 0.6) is 0 Å². The van der Waals surface area contributed by atoms with Crippen molar-refractivity contribution in [3.05, 3.63) is 78.0 Å². The van der Waals surface area contributed by atoms with Gasteiger partial charge in [0.2, 0.25) is 5.91 Å². The van der Waals surface area contributed by atoms with Gasteiger partial charge >= 0.3 is 0 Å². The number of pyridine rings is 1. The molecule has 0 radical (unpaired) electrons. The van der Waals surface area contributed by atoms with E-state index in [4.69, 9.17) is 4.74 Å². The lowest BCUT2D eigenvalue weighted by Gasteiger charge is -2.30. The summed E-state index contributed by atoms with van der Waals surface area (Å²) in [7, 11) is 1.55. The lowest BCUT2D eigenvalue weighted by Crippen LogP contribution is -2.35. The molecular weight excluding hydrogens is 312 g/mol. The third kappa shape index (κ3) is 3.86. The molecule has 0 bridgehead atoms. The second-order valence-electron chi connectivity index (χ2n) is 6.03. The fourth-order valence-electron chi connectivity index (χ4n) is 3.04. The monoisotopic (exact) mass is 334 g/mol. The summed E-state index contributed by atoms with van der Waals surface area (Å²) in [6.07, 6.45) is 1.80. The smallest absolute Gasteiger partial charge is 0.249 e. The zero-order chi connectivity index (χ0) is 17.6. The molecule has 1 aromatic heterocycles. The normalized spacial score (nSPS) is 12.1. The molecule has 0 saturated heterocycles. The number of rotatable bonds is 6. The molecule has 0 saturated carbocycles. The molecule has 2 aromatic carbocycles. The number of carbonyl (C=O) groups is 1. The molecule has 1 atom stereocenters. The molecule has 0 aliphatic carbocycles. The Balaban J connectivity index is 1.96. The van der Waals surface area contributed by atoms with Gasteiger partial charge in [0.05, 0.1) is 11.6 Å². The first-order valence-corrected chi connectivity index (χ1v) is 8.36. The zero-order valence-corrected chi connectivity index (χ0v) is 14.6. The van der Waals surface area contributed by atoms with Gasteiger partial charge in [-0.05, 0) is 30.2 Å². The average Bonchev–Trinajstić information content (AvgIpc) is 2.66. The number of para-hydroxylation sites is 1. The fraction of sp³-hybridized carbons (Fsp3) is 0.238. The predicted molar refractivity (Wildman–Crippen MR) is 99.0 cm³/mol. The van der Waals surface area contributed by atoms with Crippen LogP contribution in [0.2, 0.25) is 0 Å². The molecule has 25 heavy (non-hydrogen) atoms. The fourth-order valence-corrected chi connectivity index (χ4v) is 3.04. The molecule has 0 unspecified atom stereocenters. The highest BCUT2D eigenvalue weighted by atomic mass is 16.5. The van der Waals surface area contributed by atoms with Crippen LogP contribution in [0.25, 0.3) is 10.9 Å². The number of nitrogens with zero attached hydrogens (tertiary/aromatic N) is 2. The topological polar surface area (TPSA) is 42.4 Å². The Morgan fingerprint density at radius 2 is 1.80 bits per heavy atom. The molecule has 3 aromatic rings. The maximum absolute atomic E-state index is 12.7. The number of fused-ring (bicyclic) bond motifs is 1. The van der Waals surface area contributed by atoms with E-state index in [1.807, 2.05) is 72.5 Å². The van der Waals surface area contributed by atoms with Crippen molar-refractivity contribution in [2.75, 3.05) is 13.7 Å². The number of aromatic nitrogens is 1. The third-order valence-corrected chi connectivity index (χ3v) is 4.42. The van der Waals surface area contributed by atoms with Crippen molar-refractivity contribution in [1.82, 2.24) is 9.88 Å². The number of benzene rings is 2. The first-order valence-electron chi connectivity index (χ1n) is 8.36. The van der Waals surface area contributed by atoms with E-state index < -0.39 is 0 Å². The first kappa shape index (κ1) is 17.1. The highest BCUT2D eigenvalue weighted by molar-refractivity contribution is 5.83. The van der Waals surface area contributed by atoms with E-state index in [0.29, 0.717) is 6.54 Å². The minimum absolute atomic E-state index is 0.0280. The van der Waals surface area contributed by atoms with Crippen molar-refractivity contribution in [3.63, 3.8) is 0 Å². The molecule has 0 spiro atoms. The average molecular weight is 334 g/mol. The summed E-state index contributed by atoms with van der Waals surface area (Å²) in [5.41, 5.74) is 3.12. The van der Waals surface area contributed by atoms with Gasteiger partial charge < -0.3 is 9.64 Å². The van der Waals surface area contributed by atoms with Gasteiger partial charge in [0.1, 0.15) is 6.61 Å². The van der Waals surface area contributed by atoms with Gasteiger partial charge in [-0.25, -0.2) is 0 Å². The summed E-state index contributed by atoms with van der Waals surface area (Å²) >= 11 is 0. The molecule has 4 nitrogen and oxygen atoms in total. The van der Waals surface area contributed by atoms with Gasteiger partial charge in [-0.15, -0.1) is 0 Å². The number of methoxy groups -OCH3 is 1. The Kier molecular flexibility index (Phi) is 5.41. The molecule has 0 N–H and O–H groups in total. The Morgan fingerprint density at radius 1 is 1.08 bits per heavy atom. The SMILES string of the molecule is COCC(=O)N(Cc1ccnc2ccccc12)[C@@H](C)c1ccccc1. The van der Waals surface area contributed by atoms with E-state index in [9.17, 15) is 4.79 Å². The van der Waals surface area contributed by atoms with Crippen LogP contribution >= 0.6 is 0 Å². The van der Waals surface area contributed by atoms with Crippen LogP contribution in [-0.4, -0.2) is 29.5 Å². The first-order chi connectivity index (χ1) is 12.2. The van der Waals surface area contributed by atoms with E-state index in [2.05, 4.69) is 4.98 Å². The van der Waals surface area contributed by atoms with Crippen LogP contribution in [-0.2, 0) is 16.1 Å². The van der Waals surface area contributed by atoms with Crippen LogP contribution < -0.4 is 0 Å². The van der Waals surface area contributed by atoms with Gasteiger partial charge in [0, 0.05) is 25.2 Å². The summed E-state index contributed by atoms with van der Waals surface area (Å²) in [6, 6.07) is 20.0. The molecule has 0 aliphatic heterocycles. The molecule has 128 valence electrons. The van der Waals surface area contributed by atoms with Crippen LogP contribution in [0, 0.1) is 0 Å². The molecule has 3 rings (SSSR count). The number of ether oxygens (including phenoxy) is 1. The molecule has 4 heteroatoms. The van der Waals surface area contributed by atoms with E-state index in [-0.39, 0.29) is 18.6 Å². The Hall–Kier alpha value is -2.72. The third-order valence-electron chi connectivity index (χ3n) is 4.42. The number of hydrogen-bond donors (Lipinski definition) is 0. The van der Waals surface area contributed by atoms with Gasteiger partial charge in [0.25, 0.3) is 0 Å². The van der Waals surface area contributed by atoms with E-state index in [1.165, 1.54) is 0 Å². The summed E-state index contributed by atoms with van der Waals surface area (Å²) in [4.78, 5) is 19.0. The molecular formula is C21H22N2O2. The standard InChI is InChI=1S/C21H22N2O2/c1-16(17-8-4-3-5-9-17)23(21(24)15-25-2)14-18-12-13-22-20-11-7-6-10-19(18)20/h3-13,16H,14-15H2,1-2H3/t16-/m0/s1. The quantitative estimate of drug-likeness (QED) is 0.685. The van der Waals surface area contributed by atoms with Gasteiger partial charge in [-0.3, -0.25) is 9.78 Å².